The second kappa shape index (κ2) is 6.53. The molecule has 3 N–H and O–H groups in total. The van der Waals surface area contributed by atoms with Gasteiger partial charge in [0, 0.05) is 25.1 Å². The lowest BCUT2D eigenvalue weighted by Gasteiger charge is -2.38. The van der Waals surface area contributed by atoms with Gasteiger partial charge in [0.1, 0.15) is 0 Å². The van der Waals surface area contributed by atoms with Crippen LogP contribution in [0.3, 0.4) is 0 Å². The van der Waals surface area contributed by atoms with Gasteiger partial charge in [0.15, 0.2) is 0 Å². The van der Waals surface area contributed by atoms with Crippen molar-refractivity contribution in [2.24, 2.45) is 17.6 Å². The van der Waals surface area contributed by atoms with E-state index in [4.69, 9.17) is 10.8 Å². The summed E-state index contributed by atoms with van der Waals surface area (Å²) < 4.78 is 0. The number of rotatable bonds is 4. The summed E-state index contributed by atoms with van der Waals surface area (Å²) in [5.74, 6) is 0.838. The highest BCUT2D eigenvalue weighted by Crippen LogP contribution is 2.34. The van der Waals surface area contributed by atoms with Gasteiger partial charge < -0.3 is 15.7 Å². The first kappa shape index (κ1) is 13.8. The smallest absolute Gasteiger partial charge is 0.226 e. The molecule has 4 heteroatoms. The number of nitrogens with two attached hydrogens (primary N) is 1. The molecular weight excluding hydrogens is 228 g/mol. The van der Waals surface area contributed by atoms with E-state index in [1.165, 1.54) is 6.42 Å². The van der Waals surface area contributed by atoms with Gasteiger partial charge in [0.25, 0.3) is 0 Å². The minimum absolute atomic E-state index is 0.147. The number of nitrogens with zero attached hydrogens (tertiary/aromatic N) is 1. The minimum atomic E-state index is 0.147. The molecule has 1 heterocycles. The number of likely N-dealkylation sites (tertiary alicyclic amines) is 1. The van der Waals surface area contributed by atoms with E-state index in [2.05, 4.69) is 0 Å². The molecule has 0 aromatic heterocycles. The lowest BCUT2D eigenvalue weighted by atomic mass is 9.91. The first-order chi connectivity index (χ1) is 8.77. The van der Waals surface area contributed by atoms with Gasteiger partial charge in [-0.15, -0.1) is 0 Å². The van der Waals surface area contributed by atoms with E-state index < -0.39 is 0 Å². The van der Waals surface area contributed by atoms with Gasteiger partial charge in [-0.2, -0.15) is 0 Å². The number of carbonyl (C=O) groups excluding carboxylic acids is 1. The first-order valence-electron chi connectivity index (χ1n) is 7.39. The van der Waals surface area contributed by atoms with Gasteiger partial charge in [-0.3, -0.25) is 4.79 Å². The number of amides is 1. The van der Waals surface area contributed by atoms with Crippen molar-refractivity contribution in [2.45, 2.75) is 51.0 Å². The van der Waals surface area contributed by atoms with Crippen molar-refractivity contribution in [1.82, 2.24) is 4.90 Å². The molecule has 0 radical (unpaired) electrons. The lowest BCUT2D eigenvalue weighted by Crippen LogP contribution is -2.48. The highest BCUT2D eigenvalue weighted by molar-refractivity contribution is 5.80. The molecule has 2 rings (SSSR count). The quantitative estimate of drug-likeness (QED) is 0.790. The summed E-state index contributed by atoms with van der Waals surface area (Å²) in [6.45, 7) is 1.69. The molecule has 2 aliphatic rings. The number of aliphatic hydroxyl groups excluding tert-OH is 1. The maximum atomic E-state index is 12.6. The Balaban J connectivity index is 2.01. The molecule has 2 fully saturated rings. The fourth-order valence-corrected chi connectivity index (χ4v) is 3.60. The third-order valence-electron chi connectivity index (χ3n) is 4.65. The molecule has 4 nitrogen and oxygen atoms in total. The molecule has 3 unspecified atom stereocenters. The SMILES string of the molecule is NCC1CCCC1C(=O)N1CCCCC1CCO. The van der Waals surface area contributed by atoms with E-state index in [1.807, 2.05) is 4.90 Å². The summed E-state index contributed by atoms with van der Waals surface area (Å²) in [6.07, 6.45) is 7.30. The maximum absolute atomic E-state index is 12.6. The molecule has 1 saturated carbocycles. The third kappa shape index (κ3) is 2.86. The Morgan fingerprint density at radius 1 is 1.22 bits per heavy atom. The van der Waals surface area contributed by atoms with E-state index in [0.29, 0.717) is 18.4 Å². The van der Waals surface area contributed by atoms with Crippen LogP contribution < -0.4 is 5.73 Å². The normalized spacial score (nSPS) is 32.8. The van der Waals surface area contributed by atoms with Crippen molar-refractivity contribution >= 4 is 5.91 Å². The summed E-state index contributed by atoms with van der Waals surface area (Å²) in [5.41, 5.74) is 5.77. The zero-order chi connectivity index (χ0) is 13.0. The fourth-order valence-electron chi connectivity index (χ4n) is 3.60. The Labute approximate surface area is 110 Å². The molecule has 1 aliphatic carbocycles. The summed E-state index contributed by atoms with van der Waals surface area (Å²) >= 11 is 0. The maximum Gasteiger partial charge on any atom is 0.226 e. The highest BCUT2D eigenvalue weighted by Gasteiger charge is 2.37. The van der Waals surface area contributed by atoms with E-state index in [1.54, 1.807) is 0 Å². The molecule has 1 saturated heterocycles. The van der Waals surface area contributed by atoms with Crippen LogP contribution in [0.1, 0.15) is 44.9 Å². The molecule has 0 spiro atoms. The molecular formula is C14H26N2O2. The van der Waals surface area contributed by atoms with Gasteiger partial charge in [-0.25, -0.2) is 0 Å². The standard InChI is InChI=1S/C14H26N2O2/c15-10-11-4-3-6-13(11)14(18)16-8-2-1-5-12(16)7-9-17/h11-13,17H,1-10,15H2. The number of hydrogen-bond acceptors (Lipinski definition) is 3. The summed E-state index contributed by atoms with van der Waals surface area (Å²) in [6, 6.07) is 0.260. The summed E-state index contributed by atoms with van der Waals surface area (Å²) in [5, 5.41) is 9.12. The largest absolute Gasteiger partial charge is 0.396 e. The fraction of sp³-hybridized carbons (Fsp3) is 0.929. The Morgan fingerprint density at radius 3 is 2.78 bits per heavy atom. The van der Waals surface area contributed by atoms with Crippen LogP contribution >= 0.6 is 0 Å². The Morgan fingerprint density at radius 2 is 2.06 bits per heavy atom. The van der Waals surface area contributed by atoms with E-state index in [9.17, 15) is 4.79 Å². The van der Waals surface area contributed by atoms with Crippen LogP contribution in [0.5, 0.6) is 0 Å². The van der Waals surface area contributed by atoms with Crippen molar-refractivity contribution in [3.05, 3.63) is 0 Å². The van der Waals surface area contributed by atoms with Crippen LogP contribution in [0.2, 0.25) is 0 Å². The number of hydrogen-bond donors (Lipinski definition) is 2. The van der Waals surface area contributed by atoms with Gasteiger partial charge in [0.2, 0.25) is 5.91 Å². The molecule has 0 bridgehead atoms. The van der Waals surface area contributed by atoms with Crippen molar-refractivity contribution in [2.75, 3.05) is 19.7 Å². The van der Waals surface area contributed by atoms with Crippen LogP contribution in [0, 0.1) is 11.8 Å². The van der Waals surface area contributed by atoms with E-state index in [-0.39, 0.29) is 18.6 Å². The minimum Gasteiger partial charge on any atom is -0.396 e. The van der Waals surface area contributed by atoms with Crippen LogP contribution in [0.25, 0.3) is 0 Å². The zero-order valence-corrected chi connectivity index (χ0v) is 11.2. The van der Waals surface area contributed by atoms with Crippen LogP contribution in [0.15, 0.2) is 0 Å². The Bertz CT molecular complexity index is 281. The third-order valence-corrected chi connectivity index (χ3v) is 4.65. The van der Waals surface area contributed by atoms with E-state index >= 15 is 0 Å². The predicted octanol–water partition coefficient (Wildman–Crippen LogP) is 1.12. The number of piperidine rings is 1. The van der Waals surface area contributed by atoms with Crippen LogP contribution in [-0.2, 0) is 4.79 Å². The summed E-state index contributed by atoms with van der Waals surface area (Å²) in [7, 11) is 0. The lowest BCUT2D eigenvalue weighted by molar-refractivity contribution is -0.140. The molecule has 1 amide bonds. The first-order valence-corrected chi connectivity index (χ1v) is 7.39. The highest BCUT2D eigenvalue weighted by atomic mass is 16.3. The topological polar surface area (TPSA) is 66.6 Å². The molecule has 3 atom stereocenters. The number of aliphatic hydroxyl groups is 1. The summed E-state index contributed by atoms with van der Waals surface area (Å²) in [4.78, 5) is 14.7. The molecule has 0 aromatic rings. The van der Waals surface area contributed by atoms with Gasteiger partial charge >= 0.3 is 0 Å². The molecule has 1 aliphatic heterocycles. The van der Waals surface area contributed by atoms with Gasteiger partial charge in [-0.1, -0.05) is 6.42 Å². The van der Waals surface area contributed by atoms with Gasteiger partial charge in [-0.05, 0) is 51.0 Å². The average Bonchev–Trinajstić information content (AvgIpc) is 2.87. The second-order valence-electron chi connectivity index (χ2n) is 5.73. The van der Waals surface area contributed by atoms with Crippen molar-refractivity contribution < 1.29 is 9.90 Å². The predicted molar refractivity (Wildman–Crippen MR) is 70.9 cm³/mol. The molecule has 18 heavy (non-hydrogen) atoms. The Hall–Kier alpha value is -0.610. The second-order valence-corrected chi connectivity index (χ2v) is 5.73. The molecule has 0 aromatic carbocycles. The monoisotopic (exact) mass is 254 g/mol. The van der Waals surface area contributed by atoms with Gasteiger partial charge in [0.05, 0.1) is 0 Å². The average molecular weight is 254 g/mol. The zero-order valence-electron chi connectivity index (χ0n) is 11.2. The van der Waals surface area contributed by atoms with E-state index in [0.717, 1.165) is 45.1 Å². The number of carbonyl (C=O) groups is 1. The van der Waals surface area contributed by atoms with Crippen molar-refractivity contribution in [3.8, 4) is 0 Å². The molecule has 104 valence electrons. The van der Waals surface area contributed by atoms with Crippen molar-refractivity contribution in [1.29, 1.82) is 0 Å². The van der Waals surface area contributed by atoms with Crippen LogP contribution in [0.4, 0.5) is 0 Å². The van der Waals surface area contributed by atoms with Crippen molar-refractivity contribution in [3.63, 3.8) is 0 Å². The Kier molecular flexibility index (Phi) is 5.01. The van der Waals surface area contributed by atoms with Crippen LogP contribution in [-0.4, -0.2) is 41.7 Å².